The lowest BCUT2D eigenvalue weighted by atomic mass is 9.91. The first-order valence-corrected chi connectivity index (χ1v) is 14.3. The molecule has 0 saturated carbocycles. The molecular formula is C28H34BrN3O5S. The average Bonchev–Trinajstić information content (AvgIpc) is 3.39. The van der Waals surface area contributed by atoms with Crippen LogP contribution >= 0.6 is 27.3 Å². The number of benzene rings is 1. The largest absolute Gasteiger partial charge is 0.496 e. The maximum Gasteiger partial charge on any atom is 0.333 e. The van der Waals surface area contributed by atoms with Gasteiger partial charge in [0.1, 0.15) is 5.75 Å². The van der Waals surface area contributed by atoms with E-state index in [4.69, 9.17) is 9.47 Å². The Balaban J connectivity index is 1.77. The van der Waals surface area contributed by atoms with E-state index in [2.05, 4.69) is 32.8 Å². The molecule has 1 aromatic heterocycles. The van der Waals surface area contributed by atoms with E-state index in [1.807, 2.05) is 26.8 Å². The molecule has 0 fully saturated rings. The first-order chi connectivity index (χ1) is 18.1. The number of halogens is 1. The van der Waals surface area contributed by atoms with Crippen molar-refractivity contribution in [3.63, 3.8) is 0 Å². The molecule has 1 aliphatic rings. The normalized spacial score (nSPS) is 14.7. The highest BCUT2D eigenvalue weighted by molar-refractivity contribution is 9.10. The Hall–Kier alpha value is -2.90. The minimum absolute atomic E-state index is 0.165. The van der Waals surface area contributed by atoms with Crippen molar-refractivity contribution in [2.45, 2.75) is 65.0 Å². The van der Waals surface area contributed by atoms with E-state index in [9.17, 15) is 14.4 Å². The molecule has 0 N–H and O–H groups in total. The second kappa shape index (κ2) is 13.3. The summed E-state index contributed by atoms with van der Waals surface area (Å²) >= 11 is 4.97. The van der Waals surface area contributed by atoms with Crippen LogP contribution in [0.15, 0.2) is 28.3 Å². The highest BCUT2D eigenvalue weighted by atomic mass is 79.9. The van der Waals surface area contributed by atoms with Crippen molar-refractivity contribution in [1.29, 1.82) is 0 Å². The van der Waals surface area contributed by atoms with Crippen molar-refractivity contribution in [2.75, 3.05) is 26.8 Å². The topological polar surface area (TPSA) is 89.0 Å². The van der Waals surface area contributed by atoms with E-state index in [-0.39, 0.29) is 13.2 Å². The quantitative estimate of drug-likeness (QED) is 0.196. The van der Waals surface area contributed by atoms with Crippen LogP contribution in [0.1, 0.15) is 69.0 Å². The third-order valence-electron chi connectivity index (χ3n) is 6.23. The molecule has 0 bridgehead atoms. The van der Waals surface area contributed by atoms with Crippen molar-refractivity contribution < 1.29 is 23.9 Å². The molecule has 3 rings (SSSR count). The minimum atomic E-state index is -1.01. The number of unbranched alkanes of at least 4 members (excludes halogenated alkanes) is 2. The van der Waals surface area contributed by atoms with Gasteiger partial charge in [-0.15, -0.1) is 11.3 Å². The molecule has 0 saturated heterocycles. The molecule has 8 nitrogen and oxygen atoms in total. The van der Waals surface area contributed by atoms with Gasteiger partial charge in [-0.3, -0.25) is 14.6 Å². The van der Waals surface area contributed by atoms with Gasteiger partial charge in [0.15, 0.2) is 6.04 Å². The molecule has 2 heterocycles. The van der Waals surface area contributed by atoms with E-state index >= 15 is 0 Å². The number of aromatic nitrogens is 1. The Morgan fingerprint density at radius 2 is 2.03 bits per heavy atom. The number of methoxy groups -OCH3 is 1. The van der Waals surface area contributed by atoms with E-state index in [0.29, 0.717) is 41.6 Å². The highest BCUT2D eigenvalue weighted by Crippen LogP contribution is 2.38. The average molecular weight is 605 g/mol. The molecule has 10 heteroatoms. The zero-order valence-corrected chi connectivity index (χ0v) is 24.9. The van der Waals surface area contributed by atoms with E-state index in [0.717, 1.165) is 16.9 Å². The Bertz CT molecular complexity index is 1210. The van der Waals surface area contributed by atoms with Crippen molar-refractivity contribution in [2.24, 2.45) is 0 Å². The summed E-state index contributed by atoms with van der Waals surface area (Å²) in [5.74, 6) is 4.96. The molecule has 38 heavy (non-hydrogen) atoms. The number of ether oxygens (including phenoxy) is 2. The molecular weight excluding hydrogens is 570 g/mol. The van der Waals surface area contributed by atoms with Gasteiger partial charge in [0.05, 0.1) is 34.8 Å². The number of esters is 1. The van der Waals surface area contributed by atoms with Crippen LogP contribution in [0.2, 0.25) is 0 Å². The van der Waals surface area contributed by atoms with Crippen LogP contribution in [0, 0.1) is 11.8 Å². The van der Waals surface area contributed by atoms with Gasteiger partial charge in [0, 0.05) is 25.0 Å². The number of carbonyl (C=O) groups excluding carboxylic acids is 3. The van der Waals surface area contributed by atoms with Gasteiger partial charge >= 0.3 is 17.8 Å². The minimum Gasteiger partial charge on any atom is -0.496 e. The van der Waals surface area contributed by atoms with Crippen molar-refractivity contribution >= 4 is 45.1 Å². The summed E-state index contributed by atoms with van der Waals surface area (Å²) in [5.41, 5.74) is 2.68. The van der Waals surface area contributed by atoms with Crippen molar-refractivity contribution in [3.8, 4) is 17.6 Å². The fourth-order valence-electron chi connectivity index (χ4n) is 4.36. The van der Waals surface area contributed by atoms with Gasteiger partial charge in [0.25, 0.3) is 0 Å². The van der Waals surface area contributed by atoms with Crippen molar-refractivity contribution in [3.05, 3.63) is 44.3 Å². The molecule has 2 aromatic rings. The van der Waals surface area contributed by atoms with Gasteiger partial charge in [0.2, 0.25) is 0 Å². The van der Waals surface area contributed by atoms with Crippen molar-refractivity contribution in [1.82, 2.24) is 14.8 Å². The maximum atomic E-state index is 13.7. The van der Waals surface area contributed by atoms with E-state index in [1.165, 1.54) is 16.2 Å². The first-order valence-electron chi connectivity index (χ1n) is 12.6. The lowest BCUT2D eigenvalue weighted by Crippen LogP contribution is -2.55. The molecule has 204 valence electrons. The fraction of sp³-hybridized carbons (Fsp3) is 0.500. The zero-order chi connectivity index (χ0) is 27.9. The lowest BCUT2D eigenvalue weighted by Gasteiger charge is -2.39. The smallest absolute Gasteiger partial charge is 0.333 e. The second-order valence-corrected chi connectivity index (χ2v) is 11.6. The fourth-order valence-corrected chi connectivity index (χ4v) is 5.37. The zero-order valence-electron chi connectivity index (χ0n) is 22.5. The molecule has 1 unspecified atom stereocenters. The summed E-state index contributed by atoms with van der Waals surface area (Å²) in [6, 6.07) is 2.62. The predicted molar refractivity (Wildman–Crippen MR) is 150 cm³/mol. The Labute approximate surface area is 236 Å². The lowest BCUT2D eigenvalue weighted by molar-refractivity contribution is -0.162. The monoisotopic (exact) mass is 603 g/mol. The van der Waals surface area contributed by atoms with Crippen LogP contribution in [0.4, 0.5) is 0 Å². The van der Waals surface area contributed by atoms with Gasteiger partial charge < -0.3 is 19.3 Å². The highest BCUT2D eigenvalue weighted by Gasteiger charge is 2.42. The van der Waals surface area contributed by atoms with E-state index < -0.39 is 29.4 Å². The number of thiazole rings is 1. The summed E-state index contributed by atoms with van der Waals surface area (Å²) in [7, 11) is 1.57. The van der Waals surface area contributed by atoms with E-state index in [1.54, 1.807) is 36.7 Å². The molecule has 0 radical (unpaired) electrons. The summed E-state index contributed by atoms with van der Waals surface area (Å²) in [6.07, 6.45) is 4.40. The number of carbonyl (C=O) groups is 3. The maximum absolute atomic E-state index is 13.7. The summed E-state index contributed by atoms with van der Waals surface area (Å²) < 4.78 is 11.4. The molecule has 2 amide bonds. The van der Waals surface area contributed by atoms with Gasteiger partial charge in [-0.25, -0.2) is 4.79 Å². The number of nitrogens with zero attached hydrogens (tertiary/aromatic N) is 3. The number of hydrogen-bond acceptors (Lipinski definition) is 7. The number of hydrogen-bond donors (Lipinski definition) is 0. The summed E-state index contributed by atoms with van der Waals surface area (Å²) in [4.78, 5) is 48.2. The first kappa shape index (κ1) is 29.7. The van der Waals surface area contributed by atoms with Crippen LogP contribution in [0.25, 0.3) is 0 Å². The Kier molecular flexibility index (Phi) is 10.3. The summed E-state index contributed by atoms with van der Waals surface area (Å²) in [6.45, 7) is 8.22. The molecule has 1 atom stereocenters. The van der Waals surface area contributed by atoms with Crippen LogP contribution in [0.5, 0.6) is 5.75 Å². The number of rotatable bonds is 7. The Morgan fingerprint density at radius 1 is 1.26 bits per heavy atom. The predicted octanol–water partition coefficient (Wildman–Crippen LogP) is 4.75. The Morgan fingerprint density at radius 3 is 2.66 bits per heavy atom. The molecule has 0 aliphatic carbocycles. The van der Waals surface area contributed by atoms with Crippen LogP contribution in [-0.4, -0.2) is 64.9 Å². The van der Waals surface area contributed by atoms with Crippen LogP contribution in [-0.2, 0) is 25.5 Å². The standard InChI is InChI=1S/C28H34BrN3O5S/c1-6-37-27(35)24-21-16-22(29)23(36-5)15-19(21)12-14-31(24)25(33)26(34)32(28(2,3)4)13-10-8-7-9-11-20-17-30-18-38-20/h15-18,24H,6-8,10,12-14H2,1-5H3. The third-order valence-corrected chi connectivity index (χ3v) is 7.54. The number of fused-ring (bicyclic) bond motifs is 1. The third kappa shape index (κ3) is 7.14. The summed E-state index contributed by atoms with van der Waals surface area (Å²) in [5, 5.41) is 0. The molecule has 1 aromatic carbocycles. The SMILES string of the molecule is CCOC(=O)C1c2cc(Br)c(OC)cc2CCN1C(=O)C(=O)N(CCCCC#Cc1cncs1)C(C)(C)C. The van der Waals surface area contributed by atoms with Crippen LogP contribution < -0.4 is 4.74 Å². The van der Waals surface area contributed by atoms with Gasteiger partial charge in [-0.2, -0.15) is 0 Å². The van der Waals surface area contributed by atoms with Gasteiger partial charge in [-0.1, -0.05) is 11.8 Å². The number of amides is 2. The van der Waals surface area contributed by atoms with Crippen LogP contribution in [0.3, 0.4) is 0 Å². The van der Waals surface area contributed by atoms with Gasteiger partial charge in [-0.05, 0) is 86.1 Å². The second-order valence-electron chi connectivity index (χ2n) is 9.84. The molecule has 1 aliphatic heterocycles. The molecule has 0 spiro atoms.